The van der Waals surface area contributed by atoms with Crippen molar-refractivity contribution in [1.29, 1.82) is 0 Å². The minimum atomic E-state index is -0.393. The molecule has 4 aromatic rings. The summed E-state index contributed by atoms with van der Waals surface area (Å²) in [5, 5.41) is 3.38. The number of ketones is 2. The molecule has 5 nitrogen and oxygen atoms in total. The third kappa shape index (κ3) is 19.1. The highest BCUT2D eigenvalue weighted by Gasteiger charge is 2.15. The first kappa shape index (κ1) is 48.8. The van der Waals surface area contributed by atoms with Gasteiger partial charge in [0.25, 0.3) is 0 Å². The summed E-state index contributed by atoms with van der Waals surface area (Å²) in [4.78, 5) is 29.8. The molecule has 0 aliphatic rings. The molecule has 0 radical (unpaired) electrons. The first-order valence-corrected chi connectivity index (χ1v) is 20.9. The maximum atomic E-state index is 13.1. The Hall–Kier alpha value is -4.36. The number of nitrogens with one attached hydrogen (secondary N) is 1. The second-order valence-corrected chi connectivity index (χ2v) is 17.6. The second kappa shape index (κ2) is 25.1. The van der Waals surface area contributed by atoms with Crippen LogP contribution in [0.15, 0.2) is 97.1 Å². The normalized spacial score (nSPS) is 11.2. The molecule has 4 rings (SSSR count). The Morgan fingerprint density at radius 3 is 0.842 bits per heavy atom. The van der Waals surface area contributed by atoms with E-state index in [9.17, 15) is 18.4 Å². The van der Waals surface area contributed by atoms with E-state index in [4.69, 9.17) is 0 Å². The van der Waals surface area contributed by atoms with E-state index in [0.29, 0.717) is 34.8 Å². The molecule has 0 atom stereocenters. The molecule has 1 N–H and O–H groups in total. The van der Waals surface area contributed by atoms with Crippen LogP contribution in [0.3, 0.4) is 0 Å². The van der Waals surface area contributed by atoms with Crippen LogP contribution in [-0.4, -0.2) is 50.8 Å². The molecule has 0 saturated carbocycles. The Morgan fingerprint density at radius 1 is 0.404 bits per heavy atom. The molecule has 0 aliphatic carbocycles. The number of halogens is 2. The molecule has 57 heavy (non-hydrogen) atoms. The van der Waals surface area contributed by atoms with Gasteiger partial charge in [0.2, 0.25) is 0 Å². The number of hydrogen-bond donors (Lipinski definition) is 1. The SMILES string of the molecule is CC(C)CN(CC(C)C)c1ccc(C(=O)c2ccc(N(CC(C)C)CC(C)C)cc2)cc1.CC(C)CNCC(C)C.O=C(c1ccc(F)cc1)c1ccc(F)cc1. The minimum absolute atomic E-state index is 0.0849. The fraction of sp³-hybridized carbons (Fsp3) is 0.480. The molecule has 7 heteroatoms. The highest BCUT2D eigenvalue weighted by atomic mass is 19.1. The van der Waals surface area contributed by atoms with Crippen LogP contribution in [0.1, 0.15) is 115 Å². The number of anilines is 2. The number of carbonyl (C=O) groups is 2. The lowest BCUT2D eigenvalue weighted by molar-refractivity contribution is 0.103. The second-order valence-electron chi connectivity index (χ2n) is 17.6. The van der Waals surface area contributed by atoms with Gasteiger partial charge in [-0.2, -0.15) is 0 Å². The van der Waals surface area contributed by atoms with E-state index < -0.39 is 11.6 Å². The molecule has 0 aromatic heterocycles. The van der Waals surface area contributed by atoms with E-state index in [2.05, 4.69) is 122 Å². The molecule has 0 fully saturated rings. The summed E-state index contributed by atoms with van der Waals surface area (Å²) in [6.45, 7) is 33.3. The highest BCUT2D eigenvalue weighted by molar-refractivity contribution is 6.09. The number of benzene rings is 4. The summed E-state index contributed by atoms with van der Waals surface area (Å²) in [7, 11) is 0. The minimum Gasteiger partial charge on any atom is -0.371 e. The number of rotatable bonds is 18. The molecule has 312 valence electrons. The van der Waals surface area contributed by atoms with Crippen molar-refractivity contribution in [1.82, 2.24) is 5.32 Å². The molecule has 0 bridgehead atoms. The van der Waals surface area contributed by atoms with Crippen molar-refractivity contribution >= 4 is 22.9 Å². The van der Waals surface area contributed by atoms with Gasteiger partial charge in [-0.25, -0.2) is 8.78 Å². The predicted octanol–water partition coefficient (Wildman–Crippen LogP) is 12.2. The van der Waals surface area contributed by atoms with Gasteiger partial charge in [0.05, 0.1) is 0 Å². The van der Waals surface area contributed by atoms with Gasteiger partial charge in [-0.15, -0.1) is 0 Å². The zero-order valence-electron chi connectivity index (χ0n) is 36.9. The van der Waals surface area contributed by atoms with Gasteiger partial charge in [0.15, 0.2) is 11.6 Å². The van der Waals surface area contributed by atoms with Crippen LogP contribution in [0.25, 0.3) is 0 Å². The molecule has 0 spiro atoms. The fourth-order valence-corrected chi connectivity index (χ4v) is 6.18. The highest BCUT2D eigenvalue weighted by Crippen LogP contribution is 2.23. The quantitative estimate of drug-likeness (QED) is 0.102. The van der Waals surface area contributed by atoms with Crippen molar-refractivity contribution in [2.45, 2.75) is 83.1 Å². The molecule has 4 aromatic carbocycles. The van der Waals surface area contributed by atoms with Crippen LogP contribution in [0, 0.1) is 47.1 Å². The van der Waals surface area contributed by atoms with Crippen LogP contribution in [0.4, 0.5) is 20.2 Å². The molecular weight excluding hydrogens is 713 g/mol. The van der Waals surface area contributed by atoms with Crippen LogP contribution >= 0.6 is 0 Å². The van der Waals surface area contributed by atoms with Gasteiger partial charge in [0, 0.05) is 59.8 Å². The Kier molecular flexibility index (Phi) is 21.5. The average molecular weight is 784 g/mol. The predicted molar refractivity (Wildman–Crippen MR) is 239 cm³/mol. The molecule has 0 heterocycles. The molecule has 0 aliphatic heterocycles. The standard InChI is InChI=1S/C29H44N2O.C13H8F2O.C8H19N/c1-21(2)17-30(18-22(3)4)27-13-9-25(10-14-27)29(32)26-11-15-28(16-12-26)31(19-23(5)6)20-24(7)8;14-11-5-1-9(2-6-11)13(16)10-3-7-12(15)8-4-10;1-7(2)5-9-6-8(3)4/h9-16,21-24H,17-20H2,1-8H3;1-8H;7-9H,5-6H2,1-4H3. The van der Waals surface area contributed by atoms with Gasteiger partial charge >= 0.3 is 0 Å². The maximum absolute atomic E-state index is 13.1. The van der Waals surface area contributed by atoms with Crippen molar-refractivity contribution < 1.29 is 18.4 Å². The maximum Gasteiger partial charge on any atom is 0.193 e. The monoisotopic (exact) mass is 784 g/mol. The number of carbonyl (C=O) groups excluding carboxylic acids is 2. The fourth-order valence-electron chi connectivity index (χ4n) is 6.18. The summed E-state index contributed by atoms with van der Waals surface area (Å²) in [6.07, 6.45) is 0. The van der Waals surface area contributed by atoms with Gasteiger partial charge < -0.3 is 15.1 Å². The molecule has 0 amide bonds. The van der Waals surface area contributed by atoms with E-state index in [1.165, 1.54) is 59.9 Å². The lowest BCUT2D eigenvalue weighted by atomic mass is 10.0. The van der Waals surface area contributed by atoms with Gasteiger partial charge in [-0.05, 0) is 146 Å². The van der Waals surface area contributed by atoms with E-state index >= 15 is 0 Å². The summed E-state index contributed by atoms with van der Waals surface area (Å²) in [5.41, 5.74) is 4.64. The number of hydrogen-bond acceptors (Lipinski definition) is 5. The Labute approximate surface area is 344 Å². The van der Waals surface area contributed by atoms with Crippen LogP contribution in [0.5, 0.6) is 0 Å². The largest absolute Gasteiger partial charge is 0.371 e. The zero-order valence-corrected chi connectivity index (χ0v) is 36.9. The summed E-state index contributed by atoms with van der Waals surface area (Å²) < 4.78 is 25.3. The lowest BCUT2D eigenvalue weighted by Gasteiger charge is -2.29. The van der Waals surface area contributed by atoms with E-state index in [-0.39, 0.29) is 11.6 Å². The average Bonchev–Trinajstić information content (AvgIpc) is 3.14. The van der Waals surface area contributed by atoms with Crippen molar-refractivity contribution in [2.24, 2.45) is 35.5 Å². The van der Waals surface area contributed by atoms with Crippen molar-refractivity contribution in [3.05, 3.63) is 131 Å². The van der Waals surface area contributed by atoms with Gasteiger partial charge in [-0.3, -0.25) is 9.59 Å². The molecular formula is C50H71F2N3O2. The Balaban J connectivity index is 0.000000368. The van der Waals surface area contributed by atoms with Crippen LogP contribution < -0.4 is 15.1 Å². The zero-order chi connectivity index (χ0) is 42.7. The first-order valence-electron chi connectivity index (χ1n) is 20.9. The van der Waals surface area contributed by atoms with Crippen molar-refractivity contribution in [2.75, 3.05) is 49.1 Å². The van der Waals surface area contributed by atoms with Gasteiger partial charge in [0.1, 0.15) is 11.6 Å². The van der Waals surface area contributed by atoms with Gasteiger partial charge in [-0.1, -0.05) is 83.1 Å². The molecule has 0 saturated heterocycles. The molecule has 0 unspecified atom stereocenters. The van der Waals surface area contributed by atoms with E-state index in [1.54, 1.807) is 0 Å². The van der Waals surface area contributed by atoms with Crippen molar-refractivity contribution in [3.8, 4) is 0 Å². The van der Waals surface area contributed by atoms with E-state index in [0.717, 1.165) is 62.2 Å². The summed E-state index contributed by atoms with van der Waals surface area (Å²) >= 11 is 0. The number of nitrogens with zero attached hydrogens (tertiary/aromatic N) is 2. The Morgan fingerprint density at radius 2 is 0.632 bits per heavy atom. The third-order valence-corrected chi connectivity index (χ3v) is 8.65. The first-order chi connectivity index (χ1) is 26.9. The third-order valence-electron chi connectivity index (χ3n) is 8.65. The topological polar surface area (TPSA) is 52.7 Å². The summed E-state index contributed by atoms with van der Waals surface area (Å²) in [5.74, 6) is 3.00. The van der Waals surface area contributed by atoms with E-state index in [1.807, 2.05) is 24.3 Å². The smallest absolute Gasteiger partial charge is 0.193 e. The lowest BCUT2D eigenvalue weighted by Crippen LogP contribution is -2.31. The van der Waals surface area contributed by atoms with Crippen LogP contribution in [0.2, 0.25) is 0 Å². The van der Waals surface area contributed by atoms with Crippen LogP contribution in [-0.2, 0) is 0 Å². The van der Waals surface area contributed by atoms with Crippen molar-refractivity contribution in [3.63, 3.8) is 0 Å². The summed E-state index contributed by atoms with van der Waals surface area (Å²) in [6, 6.07) is 26.8. The Bertz CT molecular complexity index is 1570.